The van der Waals surface area contributed by atoms with Gasteiger partial charge in [0.25, 0.3) is 0 Å². The van der Waals surface area contributed by atoms with E-state index in [1.807, 2.05) is 30.1 Å². The third kappa shape index (κ3) is 2.95. The first-order valence-corrected chi connectivity index (χ1v) is 7.64. The van der Waals surface area contributed by atoms with Crippen LogP contribution < -0.4 is 4.74 Å². The van der Waals surface area contributed by atoms with Gasteiger partial charge in [-0.15, -0.1) is 0 Å². The number of rotatable bonds is 4. The smallest absolute Gasteiger partial charge is 0.118 e. The highest BCUT2D eigenvalue weighted by Crippen LogP contribution is 2.27. The predicted octanol–water partition coefficient (Wildman–Crippen LogP) is 3.14. The van der Waals surface area contributed by atoms with E-state index in [1.165, 1.54) is 17.8 Å². The Morgan fingerprint density at radius 2 is 2.21 bits per heavy atom. The molecule has 1 unspecified atom stereocenters. The molecule has 1 aromatic heterocycles. The van der Waals surface area contributed by atoms with Crippen LogP contribution in [0.3, 0.4) is 0 Å². The Bertz CT molecular complexity index is 535. The van der Waals surface area contributed by atoms with Gasteiger partial charge >= 0.3 is 0 Å². The van der Waals surface area contributed by atoms with Crippen molar-refractivity contribution in [2.24, 2.45) is 0 Å². The molecule has 3 nitrogen and oxygen atoms in total. The van der Waals surface area contributed by atoms with Crippen molar-refractivity contribution in [2.45, 2.75) is 30.4 Å². The lowest BCUT2D eigenvalue weighted by Gasteiger charge is -2.22. The number of hydrogen-bond acceptors (Lipinski definition) is 3. The molecule has 0 saturated carbocycles. The minimum Gasteiger partial charge on any atom is -0.497 e. The van der Waals surface area contributed by atoms with Gasteiger partial charge in [0.05, 0.1) is 7.11 Å². The molecular formula is C15H18N2OS. The van der Waals surface area contributed by atoms with Crippen LogP contribution in [0.5, 0.6) is 5.75 Å². The van der Waals surface area contributed by atoms with E-state index in [9.17, 15) is 0 Å². The van der Waals surface area contributed by atoms with Gasteiger partial charge in [-0.1, -0.05) is 12.1 Å². The minimum absolute atomic E-state index is 0.692. The number of ether oxygens (including phenoxy) is 1. The van der Waals surface area contributed by atoms with E-state index >= 15 is 0 Å². The summed E-state index contributed by atoms with van der Waals surface area (Å²) in [6, 6.07) is 8.36. The van der Waals surface area contributed by atoms with Crippen LogP contribution in [0, 0.1) is 0 Å². The van der Waals surface area contributed by atoms with Gasteiger partial charge in [-0.25, -0.2) is 4.98 Å². The van der Waals surface area contributed by atoms with Gasteiger partial charge in [-0.3, -0.25) is 0 Å². The highest BCUT2D eigenvalue weighted by molar-refractivity contribution is 7.99. The van der Waals surface area contributed by atoms with E-state index in [-0.39, 0.29) is 0 Å². The number of fused-ring (bicyclic) bond motifs is 1. The van der Waals surface area contributed by atoms with Gasteiger partial charge in [0, 0.05) is 36.4 Å². The first-order chi connectivity index (χ1) is 9.35. The molecule has 3 rings (SSSR count). The number of aryl methyl sites for hydroxylation is 1. The van der Waals surface area contributed by atoms with Crippen LogP contribution >= 0.6 is 11.8 Å². The van der Waals surface area contributed by atoms with Crippen LogP contribution in [0.4, 0.5) is 0 Å². The van der Waals surface area contributed by atoms with Crippen molar-refractivity contribution in [3.63, 3.8) is 0 Å². The molecule has 0 fully saturated rings. The monoisotopic (exact) mass is 274 g/mol. The summed E-state index contributed by atoms with van der Waals surface area (Å²) in [5.74, 6) is 3.22. The predicted molar refractivity (Wildman–Crippen MR) is 78.6 cm³/mol. The fourth-order valence-corrected chi connectivity index (χ4v) is 3.56. The summed E-state index contributed by atoms with van der Waals surface area (Å²) in [4.78, 5) is 4.42. The second-order valence-electron chi connectivity index (χ2n) is 4.81. The lowest BCUT2D eigenvalue weighted by atomic mass is 10.1. The van der Waals surface area contributed by atoms with Crippen molar-refractivity contribution in [3.05, 3.63) is 48.0 Å². The van der Waals surface area contributed by atoms with Crippen molar-refractivity contribution in [1.82, 2.24) is 9.55 Å². The minimum atomic E-state index is 0.692. The molecule has 4 heteroatoms. The highest BCUT2D eigenvalue weighted by atomic mass is 32.2. The average molecular weight is 274 g/mol. The highest BCUT2D eigenvalue weighted by Gasteiger charge is 2.19. The molecule has 0 N–H and O–H groups in total. The van der Waals surface area contributed by atoms with Crippen molar-refractivity contribution in [3.8, 4) is 5.75 Å². The second kappa shape index (κ2) is 5.70. The average Bonchev–Trinajstić information content (AvgIpc) is 2.93. The molecule has 0 saturated heterocycles. The first-order valence-electron chi connectivity index (χ1n) is 6.59. The van der Waals surface area contributed by atoms with E-state index in [2.05, 4.69) is 27.9 Å². The van der Waals surface area contributed by atoms with Crippen LogP contribution in [0.1, 0.15) is 17.8 Å². The zero-order chi connectivity index (χ0) is 13.1. The zero-order valence-electron chi connectivity index (χ0n) is 11.1. The van der Waals surface area contributed by atoms with Crippen molar-refractivity contribution in [1.29, 1.82) is 0 Å². The summed E-state index contributed by atoms with van der Waals surface area (Å²) in [6.07, 6.45) is 6.32. The topological polar surface area (TPSA) is 27.1 Å². The van der Waals surface area contributed by atoms with Gasteiger partial charge in [-0.2, -0.15) is 11.8 Å². The molecule has 0 radical (unpaired) electrons. The maximum atomic E-state index is 5.18. The maximum absolute atomic E-state index is 5.18. The SMILES string of the molecule is COc1ccc(CSC2CCn3ccnc3C2)cc1. The number of benzene rings is 1. The fraction of sp³-hybridized carbons (Fsp3) is 0.400. The molecule has 100 valence electrons. The van der Waals surface area contributed by atoms with Gasteiger partial charge < -0.3 is 9.30 Å². The fourth-order valence-electron chi connectivity index (χ4n) is 2.40. The maximum Gasteiger partial charge on any atom is 0.118 e. The number of imidazole rings is 1. The van der Waals surface area contributed by atoms with E-state index in [4.69, 9.17) is 4.74 Å². The molecule has 1 aliphatic rings. The second-order valence-corrected chi connectivity index (χ2v) is 6.10. The molecule has 2 heterocycles. The summed E-state index contributed by atoms with van der Waals surface area (Å²) in [6.45, 7) is 1.11. The summed E-state index contributed by atoms with van der Waals surface area (Å²) >= 11 is 2.04. The van der Waals surface area contributed by atoms with E-state index in [0.29, 0.717) is 5.25 Å². The van der Waals surface area contributed by atoms with Crippen LogP contribution in [0.2, 0.25) is 0 Å². The Labute approximate surface area is 118 Å². The molecule has 0 amide bonds. The van der Waals surface area contributed by atoms with Gasteiger partial charge in [0.15, 0.2) is 0 Å². The Kier molecular flexibility index (Phi) is 3.78. The third-order valence-corrected chi connectivity index (χ3v) is 4.92. The Morgan fingerprint density at radius 1 is 1.37 bits per heavy atom. The van der Waals surface area contributed by atoms with E-state index < -0.39 is 0 Å². The van der Waals surface area contributed by atoms with Gasteiger partial charge in [0.1, 0.15) is 11.6 Å². The van der Waals surface area contributed by atoms with Crippen LogP contribution in [0.25, 0.3) is 0 Å². The molecule has 0 bridgehead atoms. The van der Waals surface area contributed by atoms with Gasteiger partial charge in [0.2, 0.25) is 0 Å². The number of aromatic nitrogens is 2. The number of thioether (sulfide) groups is 1. The number of nitrogens with zero attached hydrogens (tertiary/aromatic N) is 2. The Hall–Kier alpha value is -1.42. The molecule has 1 aromatic carbocycles. The van der Waals surface area contributed by atoms with E-state index in [0.717, 1.165) is 24.5 Å². The lowest BCUT2D eigenvalue weighted by Crippen LogP contribution is -2.21. The van der Waals surface area contributed by atoms with Crippen LogP contribution in [-0.4, -0.2) is 21.9 Å². The molecule has 19 heavy (non-hydrogen) atoms. The van der Waals surface area contributed by atoms with Crippen molar-refractivity contribution < 1.29 is 4.74 Å². The van der Waals surface area contributed by atoms with Crippen molar-refractivity contribution >= 4 is 11.8 Å². The quantitative estimate of drug-likeness (QED) is 0.857. The normalized spacial score (nSPS) is 18.1. The first kappa shape index (κ1) is 12.6. The molecule has 0 spiro atoms. The van der Waals surface area contributed by atoms with Crippen LogP contribution in [0.15, 0.2) is 36.7 Å². The summed E-state index contributed by atoms with van der Waals surface area (Å²) in [5, 5.41) is 0.692. The standard InChI is InChI=1S/C15H18N2OS/c1-18-13-4-2-12(3-5-13)11-19-14-6-8-17-9-7-16-15(17)10-14/h2-5,7,9,14H,6,8,10-11H2,1H3. The van der Waals surface area contributed by atoms with E-state index in [1.54, 1.807) is 7.11 Å². The third-order valence-electron chi connectivity index (χ3n) is 3.55. The largest absolute Gasteiger partial charge is 0.497 e. The zero-order valence-corrected chi connectivity index (χ0v) is 11.9. The molecule has 2 aromatic rings. The molecule has 0 aliphatic carbocycles. The molecular weight excluding hydrogens is 256 g/mol. The Morgan fingerprint density at radius 3 is 3.00 bits per heavy atom. The molecule has 1 atom stereocenters. The van der Waals surface area contributed by atoms with Gasteiger partial charge in [-0.05, 0) is 24.1 Å². The summed E-state index contributed by atoms with van der Waals surface area (Å²) in [5.41, 5.74) is 1.36. The van der Waals surface area contributed by atoms with Crippen LogP contribution in [-0.2, 0) is 18.7 Å². The van der Waals surface area contributed by atoms with Crippen molar-refractivity contribution in [2.75, 3.05) is 7.11 Å². The lowest BCUT2D eigenvalue weighted by molar-refractivity contribution is 0.414. The summed E-state index contributed by atoms with van der Waals surface area (Å²) in [7, 11) is 1.70. The number of hydrogen-bond donors (Lipinski definition) is 0. The Balaban J connectivity index is 1.55. The summed E-state index contributed by atoms with van der Waals surface area (Å²) < 4.78 is 7.44. The number of methoxy groups -OCH3 is 1. The molecule has 1 aliphatic heterocycles.